The van der Waals surface area contributed by atoms with Gasteiger partial charge >= 0.3 is 5.97 Å². The highest BCUT2D eigenvalue weighted by molar-refractivity contribution is 5.90. The van der Waals surface area contributed by atoms with E-state index in [1.807, 2.05) is 6.07 Å². The third-order valence-corrected chi connectivity index (χ3v) is 4.59. The van der Waals surface area contributed by atoms with Crippen molar-refractivity contribution in [1.29, 1.82) is 5.26 Å². The number of hydrogen-bond donors (Lipinski definition) is 1. The Morgan fingerprint density at radius 1 is 1.21 bits per heavy atom. The Bertz CT molecular complexity index is 957. The van der Waals surface area contributed by atoms with Crippen LogP contribution in [0.25, 0.3) is 11.3 Å². The summed E-state index contributed by atoms with van der Waals surface area (Å²) in [5, 5.41) is 22.6. The average Bonchev–Trinajstić information content (AvgIpc) is 3.18. The second kappa shape index (κ2) is 8.56. The molecule has 2 aromatic rings. The number of non-ortho nitro benzene ring substituents is 1. The van der Waals surface area contributed by atoms with Crippen LogP contribution in [0.1, 0.15) is 38.2 Å². The molecule has 9 nitrogen and oxygen atoms in total. The summed E-state index contributed by atoms with van der Waals surface area (Å²) in [5.74, 6) is -1.39. The summed E-state index contributed by atoms with van der Waals surface area (Å²) in [5.41, 5.74) is -0.612. The van der Waals surface area contributed by atoms with Crippen molar-refractivity contribution in [3.05, 3.63) is 52.3 Å². The van der Waals surface area contributed by atoms with Crippen molar-refractivity contribution in [2.24, 2.45) is 5.92 Å². The maximum atomic E-state index is 12.3. The van der Waals surface area contributed by atoms with Gasteiger partial charge in [-0.05, 0) is 44.0 Å². The molecule has 0 bridgehead atoms. The molecule has 0 unspecified atom stereocenters. The van der Waals surface area contributed by atoms with Crippen molar-refractivity contribution in [2.75, 3.05) is 0 Å². The number of carbonyl (C=O) groups excluding carboxylic acids is 2. The smallest absolute Gasteiger partial charge is 0.375 e. The molecular formula is C20H21N3O6. The van der Waals surface area contributed by atoms with E-state index in [4.69, 9.17) is 9.15 Å². The van der Waals surface area contributed by atoms with Crippen LogP contribution in [-0.2, 0) is 9.53 Å². The van der Waals surface area contributed by atoms with E-state index in [-0.39, 0.29) is 17.4 Å². The van der Waals surface area contributed by atoms with Crippen molar-refractivity contribution in [3.63, 3.8) is 0 Å². The number of nitrogens with zero attached hydrogens (tertiary/aromatic N) is 2. The first kappa shape index (κ1) is 21.6. The van der Waals surface area contributed by atoms with Gasteiger partial charge in [0.25, 0.3) is 11.6 Å². The van der Waals surface area contributed by atoms with Gasteiger partial charge in [-0.1, -0.05) is 13.8 Å². The van der Waals surface area contributed by atoms with Crippen molar-refractivity contribution in [2.45, 2.75) is 39.3 Å². The van der Waals surface area contributed by atoms with Gasteiger partial charge in [-0.2, -0.15) is 5.26 Å². The van der Waals surface area contributed by atoms with Gasteiger partial charge in [0.2, 0.25) is 5.76 Å². The van der Waals surface area contributed by atoms with E-state index in [9.17, 15) is 25.0 Å². The molecule has 0 aliphatic rings. The fraction of sp³-hybridized carbons (Fsp3) is 0.350. The number of nitrogens with one attached hydrogen (secondary N) is 1. The lowest BCUT2D eigenvalue weighted by Crippen LogP contribution is -2.52. The monoisotopic (exact) mass is 399 g/mol. The van der Waals surface area contributed by atoms with Crippen LogP contribution in [0.3, 0.4) is 0 Å². The van der Waals surface area contributed by atoms with Crippen molar-refractivity contribution in [1.82, 2.24) is 5.32 Å². The molecule has 9 heteroatoms. The quantitative estimate of drug-likeness (QED) is 0.428. The average molecular weight is 399 g/mol. The molecule has 29 heavy (non-hydrogen) atoms. The fourth-order valence-electron chi connectivity index (χ4n) is 2.28. The molecule has 0 aliphatic carbocycles. The van der Waals surface area contributed by atoms with Gasteiger partial charge < -0.3 is 14.5 Å². The van der Waals surface area contributed by atoms with E-state index < -0.39 is 28.4 Å². The Balaban J connectivity index is 2.05. The molecule has 1 heterocycles. The van der Waals surface area contributed by atoms with Crippen LogP contribution >= 0.6 is 0 Å². The summed E-state index contributed by atoms with van der Waals surface area (Å²) in [7, 11) is 0. The van der Waals surface area contributed by atoms with Crippen LogP contribution in [0.15, 0.2) is 40.8 Å². The Morgan fingerprint density at radius 2 is 1.83 bits per heavy atom. The number of amides is 1. The number of furan rings is 1. The van der Waals surface area contributed by atoms with Gasteiger partial charge in [-0.15, -0.1) is 0 Å². The number of esters is 1. The third-order valence-electron chi connectivity index (χ3n) is 4.59. The Morgan fingerprint density at radius 3 is 2.34 bits per heavy atom. The van der Waals surface area contributed by atoms with Gasteiger partial charge in [0.15, 0.2) is 6.10 Å². The predicted molar refractivity (Wildman–Crippen MR) is 103 cm³/mol. The number of ether oxygens (including phenoxy) is 1. The third kappa shape index (κ3) is 4.99. The minimum atomic E-state index is -1.14. The molecule has 1 N–H and O–H groups in total. The van der Waals surface area contributed by atoms with Crippen LogP contribution < -0.4 is 5.32 Å². The summed E-state index contributed by atoms with van der Waals surface area (Å²) < 4.78 is 10.6. The van der Waals surface area contributed by atoms with Crippen molar-refractivity contribution < 1.29 is 23.7 Å². The number of rotatable bonds is 7. The van der Waals surface area contributed by atoms with Crippen LogP contribution in [0, 0.1) is 27.4 Å². The highest BCUT2D eigenvalue weighted by Gasteiger charge is 2.33. The topological polar surface area (TPSA) is 135 Å². The zero-order valence-corrected chi connectivity index (χ0v) is 16.5. The second-order valence-corrected chi connectivity index (χ2v) is 6.97. The van der Waals surface area contributed by atoms with Crippen molar-refractivity contribution >= 4 is 17.6 Å². The number of nitro benzene ring substituents is 1. The Hall–Kier alpha value is -3.67. The number of nitro groups is 1. The minimum Gasteiger partial charge on any atom is -0.449 e. The van der Waals surface area contributed by atoms with Crippen LogP contribution in [0.4, 0.5) is 5.69 Å². The first-order chi connectivity index (χ1) is 13.6. The van der Waals surface area contributed by atoms with E-state index in [1.165, 1.54) is 43.3 Å². The number of carbonyl (C=O) groups is 2. The largest absolute Gasteiger partial charge is 0.449 e. The molecule has 152 valence electrons. The molecule has 0 radical (unpaired) electrons. The van der Waals surface area contributed by atoms with E-state index in [0.717, 1.165) is 0 Å². The zero-order valence-electron chi connectivity index (χ0n) is 16.5. The van der Waals surface area contributed by atoms with Gasteiger partial charge in [0, 0.05) is 17.7 Å². The summed E-state index contributed by atoms with van der Waals surface area (Å²) >= 11 is 0. The highest BCUT2D eigenvalue weighted by Crippen LogP contribution is 2.25. The van der Waals surface area contributed by atoms with Crippen LogP contribution in [0.5, 0.6) is 0 Å². The molecule has 0 spiro atoms. The standard InChI is InChI=1S/C20H21N3O6/c1-12(2)20(4,11-21)22-18(24)13(3)28-19(25)17-10-9-16(29-17)14-5-7-15(8-6-14)23(26)27/h5-10,12-13H,1-4H3,(H,22,24)/t13-,20-/m1/s1. The zero-order chi connectivity index (χ0) is 21.8. The molecular weight excluding hydrogens is 378 g/mol. The molecule has 0 aliphatic heterocycles. The van der Waals surface area contributed by atoms with Crippen molar-refractivity contribution in [3.8, 4) is 17.4 Å². The molecule has 0 saturated heterocycles. The van der Waals surface area contributed by atoms with Gasteiger partial charge in [0.05, 0.1) is 11.0 Å². The second-order valence-electron chi connectivity index (χ2n) is 6.97. The SMILES string of the molecule is CC(C)[C@@](C)(C#N)NC(=O)[C@@H](C)OC(=O)c1ccc(-c2ccc([N+](=O)[O-])cc2)o1. The Labute approximate surface area is 167 Å². The molecule has 1 aromatic carbocycles. The van der Waals surface area contributed by atoms with Gasteiger partial charge in [-0.25, -0.2) is 4.79 Å². The van der Waals surface area contributed by atoms with Crippen LogP contribution in [-0.4, -0.2) is 28.4 Å². The van der Waals surface area contributed by atoms with Gasteiger partial charge in [0.1, 0.15) is 11.3 Å². The van der Waals surface area contributed by atoms with E-state index in [2.05, 4.69) is 5.32 Å². The molecule has 2 rings (SSSR count). The summed E-state index contributed by atoms with van der Waals surface area (Å²) in [6, 6.07) is 10.6. The summed E-state index contributed by atoms with van der Waals surface area (Å²) in [4.78, 5) is 34.7. The first-order valence-corrected chi connectivity index (χ1v) is 8.86. The Kier molecular flexibility index (Phi) is 6.38. The lowest BCUT2D eigenvalue weighted by atomic mass is 9.90. The van der Waals surface area contributed by atoms with Gasteiger partial charge in [-0.3, -0.25) is 14.9 Å². The molecule has 0 fully saturated rings. The molecule has 1 aromatic heterocycles. The summed E-state index contributed by atoms with van der Waals surface area (Å²) in [6.07, 6.45) is -1.14. The normalized spacial score (nSPS) is 13.8. The van der Waals surface area contributed by atoms with E-state index in [1.54, 1.807) is 20.8 Å². The maximum absolute atomic E-state index is 12.3. The number of benzene rings is 1. The van der Waals surface area contributed by atoms with Crippen LogP contribution in [0.2, 0.25) is 0 Å². The van der Waals surface area contributed by atoms with E-state index >= 15 is 0 Å². The lowest BCUT2D eigenvalue weighted by molar-refractivity contribution is -0.384. The fourth-order valence-corrected chi connectivity index (χ4v) is 2.28. The molecule has 2 atom stereocenters. The van der Waals surface area contributed by atoms with E-state index in [0.29, 0.717) is 11.3 Å². The number of hydrogen-bond acceptors (Lipinski definition) is 7. The highest BCUT2D eigenvalue weighted by atomic mass is 16.6. The minimum absolute atomic E-state index is 0.0643. The number of nitriles is 1. The predicted octanol–water partition coefficient (Wildman–Crippen LogP) is 3.45. The maximum Gasteiger partial charge on any atom is 0.375 e. The summed E-state index contributed by atoms with van der Waals surface area (Å²) in [6.45, 7) is 6.57. The molecule has 1 amide bonds. The first-order valence-electron chi connectivity index (χ1n) is 8.86. The molecule has 0 saturated carbocycles. The lowest BCUT2D eigenvalue weighted by Gasteiger charge is -2.28.